The zero-order chi connectivity index (χ0) is 15.0. The molecule has 0 spiro atoms. The molecule has 1 aromatic heterocycles. The minimum atomic E-state index is 0.676. The van der Waals surface area contributed by atoms with Gasteiger partial charge in [0.2, 0.25) is 0 Å². The Bertz CT molecular complexity index is 458. The van der Waals surface area contributed by atoms with Crippen LogP contribution in [0.4, 0.5) is 5.82 Å². The van der Waals surface area contributed by atoms with Gasteiger partial charge in [0.15, 0.2) is 0 Å². The largest absolute Gasteiger partial charge is 0.369 e. The molecule has 110 valence electrons. The van der Waals surface area contributed by atoms with Gasteiger partial charge in [-0.05, 0) is 37.8 Å². The van der Waals surface area contributed by atoms with Crippen molar-refractivity contribution in [3.63, 3.8) is 0 Å². The fourth-order valence-corrected chi connectivity index (χ4v) is 2.34. The molecule has 1 rings (SSSR count). The molecule has 0 aliphatic heterocycles. The maximum absolute atomic E-state index is 9.18. The number of rotatable bonds is 8. The van der Waals surface area contributed by atoms with Crippen LogP contribution in [0.5, 0.6) is 0 Å². The minimum Gasteiger partial charge on any atom is -0.369 e. The van der Waals surface area contributed by atoms with Crippen molar-refractivity contribution in [3.8, 4) is 6.07 Å². The second kappa shape index (κ2) is 8.58. The van der Waals surface area contributed by atoms with Gasteiger partial charge in [-0.2, -0.15) is 5.26 Å². The molecule has 0 saturated carbocycles. The SMILES string of the molecule is Cc1cc(C)c(C#N)c(NCCCCCCC(C)C)n1. The lowest BCUT2D eigenvalue weighted by molar-refractivity contribution is 0.523. The second-order valence-corrected chi connectivity index (χ2v) is 5.94. The highest BCUT2D eigenvalue weighted by atomic mass is 15.0. The first-order chi connectivity index (χ1) is 9.54. The minimum absolute atomic E-state index is 0.676. The predicted octanol–water partition coefficient (Wildman–Crippen LogP) is 4.59. The average Bonchev–Trinajstić information content (AvgIpc) is 2.36. The Hall–Kier alpha value is -1.56. The van der Waals surface area contributed by atoms with E-state index in [1.54, 1.807) is 0 Å². The van der Waals surface area contributed by atoms with Gasteiger partial charge in [0.25, 0.3) is 0 Å². The summed E-state index contributed by atoms with van der Waals surface area (Å²) in [6, 6.07) is 4.19. The summed E-state index contributed by atoms with van der Waals surface area (Å²) < 4.78 is 0. The summed E-state index contributed by atoms with van der Waals surface area (Å²) in [5.41, 5.74) is 2.63. The van der Waals surface area contributed by atoms with E-state index in [0.717, 1.165) is 36.0 Å². The summed E-state index contributed by atoms with van der Waals surface area (Å²) in [5, 5.41) is 12.5. The molecule has 0 bridgehead atoms. The smallest absolute Gasteiger partial charge is 0.144 e. The third-order valence-corrected chi connectivity index (χ3v) is 3.46. The average molecular weight is 273 g/mol. The molecule has 0 aliphatic rings. The van der Waals surface area contributed by atoms with Crippen LogP contribution in [0.15, 0.2) is 6.07 Å². The number of hydrogen-bond acceptors (Lipinski definition) is 3. The molecule has 0 unspecified atom stereocenters. The van der Waals surface area contributed by atoms with Crippen molar-refractivity contribution < 1.29 is 0 Å². The molecule has 0 amide bonds. The van der Waals surface area contributed by atoms with E-state index in [1.807, 2.05) is 19.9 Å². The van der Waals surface area contributed by atoms with Crippen LogP contribution in [0.1, 0.15) is 62.8 Å². The summed E-state index contributed by atoms with van der Waals surface area (Å²) in [5.74, 6) is 1.55. The van der Waals surface area contributed by atoms with Gasteiger partial charge in [-0.15, -0.1) is 0 Å². The molecule has 0 aromatic carbocycles. The maximum Gasteiger partial charge on any atom is 0.144 e. The zero-order valence-electron chi connectivity index (χ0n) is 13.3. The molecule has 0 aliphatic carbocycles. The van der Waals surface area contributed by atoms with E-state index < -0.39 is 0 Å². The van der Waals surface area contributed by atoms with Gasteiger partial charge in [0.05, 0.1) is 5.56 Å². The highest BCUT2D eigenvalue weighted by molar-refractivity contribution is 5.56. The Balaban J connectivity index is 2.34. The first-order valence-electron chi connectivity index (χ1n) is 7.66. The zero-order valence-corrected chi connectivity index (χ0v) is 13.3. The van der Waals surface area contributed by atoms with E-state index in [-0.39, 0.29) is 0 Å². The summed E-state index contributed by atoms with van der Waals surface area (Å²) in [6.07, 6.45) is 6.32. The van der Waals surface area contributed by atoms with E-state index in [1.165, 1.54) is 25.7 Å². The molecule has 0 atom stereocenters. The third kappa shape index (κ3) is 5.61. The summed E-state index contributed by atoms with van der Waals surface area (Å²) in [6.45, 7) is 9.37. The second-order valence-electron chi connectivity index (χ2n) is 5.94. The van der Waals surface area contributed by atoms with E-state index in [9.17, 15) is 5.26 Å². The van der Waals surface area contributed by atoms with Gasteiger partial charge in [-0.25, -0.2) is 4.98 Å². The number of aromatic nitrogens is 1. The van der Waals surface area contributed by atoms with Crippen LogP contribution in [-0.4, -0.2) is 11.5 Å². The first kappa shape index (κ1) is 16.5. The molecule has 0 fully saturated rings. The molecule has 3 nitrogen and oxygen atoms in total. The van der Waals surface area contributed by atoms with Crippen molar-refractivity contribution in [3.05, 3.63) is 22.9 Å². The van der Waals surface area contributed by atoms with Crippen LogP contribution in [0.3, 0.4) is 0 Å². The Morgan fingerprint density at radius 3 is 2.55 bits per heavy atom. The lowest BCUT2D eigenvalue weighted by atomic mass is 10.0. The monoisotopic (exact) mass is 273 g/mol. The lowest BCUT2D eigenvalue weighted by Gasteiger charge is -2.10. The fourth-order valence-electron chi connectivity index (χ4n) is 2.34. The number of unbranched alkanes of at least 4 members (excludes halogenated alkanes) is 3. The van der Waals surface area contributed by atoms with Crippen LogP contribution in [0.2, 0.25) is 0 Å². The van der Waals surface area contributed by atoms with Gasteiger partial charge in [0.1, 0.15) is 11.9 Å². The number of nitrogens with zero attached hydrogens (tertiary/aromatic N) is 2. The van der Waals surface area contributed by atoms with Gasteiger partial charge in [0, 0.05) is 12.2 Å². The van der Waals surface area contributed by atoms with Crippen molar-refractivity contribution in [1.82, 2.24) is 4.98 Å². The number of anilines is 1. The predicted molar refractivity (Wildman–Crippen MR) is 84.8 cm³/mol. The molecule has 1 heterocycles. The molecular formula is C17H27N3. The highest BCUT2D eigenvalue weighted by Crippen LogP contribution is 2.17. The normalized spacial score (nSPS) is 10.6. The molecule has 3 heteroatoms. The van der Waals surface area contributed by atoms with Crippen molar-refractivity contribution in [2.45, 2.75) is 59.8 Å². The Morgan fingerprint density at radius 2 is 1.90 bits per heavy atom. The van der Waals surface area contributed by atoms with E-state index in [2.05, 4.69) is 30.2 Å². The highest BCUT2D eigenvalue weighted by Gasteiger charge is 2.07. The van der Waals surface area contributed by atoms with Crippen LogP contribution < -0.4 is 5.32 Å². The van der Waals surface area contributed by atoms with Gasteiger partial charge in [-0.1, -0.05) is 39.5 Å². The quantitative estimate of drug-likeness (QED) is 0.705. The number of nitrogens with one attached hydrogen (secondary N) is 1. The number of pyridine rings is 1. The van der Waals surface area contributed by atoms with Gasteiger partial charge >= 0.3 is 0 Å². The van der Waals surface area contributed by atoms with E-state index in [0.29, 0.717) is 5.56 Å². The summed E-state index contributed by atoms with van der Waals surface area (Å²) in [7, 11) is 0. The summed E-state index contributed by atoms with van der Waals surface area (Å²) in [4.78, 5) is 4.43. The van der Waals surface area contributed by atoms with Crippen molar-refractivity contribution in [2.24, 2.45) is 5.92 Å². The topological polar surface area (TPSA) is 48.7 Å². The van der Waals surface area contributed by atoms with Crippen LogP contribution in [-0.2, 0) is 0 Å². The Labute approximate surface area is 123 Å². The van der Waals surface area contributed by atoms with Crippen molar-refractivity contribution in [2.75, 3.05) is 11.9 Å². The molecular weight excluding hydrogens is 246 g/mol. The van der Waals surface area contributed by atoms with Gasteiger partial charge in [-0.3, -0.25) is 0 Å². The molecule has 1 aromatic rings. The fraction of sp³-hybridized carbons (Fsp3) is 0.647. The number of hydrogen-bond donors (Lipinski definition) is 1. The first-order valence-corrected chi connectivity index (χ1v) is 7.66. The lowest BCUT2D eigenvalue weighted by Crippen LogP contribution is -2.07. The van der Waals surface area contributed by atoms with Gasteiger partial charge < -0.3 is 5.32 Å². The Morgan fingerprint density at radius 1 is 1.20 bits per heavy atom. The van der Waals surface area contributed by atoms with E-state index in [4.69, 9.17) is 0 Å². The van der Waals surface area contributed by atoms with Crippen molar-refractivity contribution >= 4 is 5.82 Å². The number of aryl methyl sites for hydroxylation is 2. The summed E-state index contributed by atoms with van der Waals surface area (Å²) >= 11 is 0. The van der Waals surface area contributed by atoms with Crippen LogP contribution in [0, 0.1) is 31.1 Å². The van der Waals surface area contributed by atoms with Crippen molar-refractivity contribution in [1.29, 1.82) is 5.26 Å². The molecule has 20 heavy (non-hydrogen) atoms. The van der Waals surface area contributed by atoms with E-state index >= 15 is 0 Å². The number of nitriles is 1. The van der Waals surface area contributed by atoms with Crippen LogP contribution in [0.25, 0.3) is 0 Å². The molecule has 1 N–H and O–H groups in total. The molecule has 0 radical (unpaired) electrons. The Kier molecular flexibility index (Phi) is 7.08. The maximum atomic E-state index is 9.18. The third-order valence-electron chi connectivity index (χ3n) is 3.46. The standard InChI is InChI=1S/C17H27N3/c1-13(2)9-7-5-6-8-10-19-17-16(12-18)14(3)11-15(4)20-17/h11,13H,5-10H2,1-4H3,(H,19,20). The van der Waals surface area contributed by atoms with Crippen LogP contribution >= 0.6 is 0 Å². The molecule has 0 saturated heterocycles.